The van der Waals surface area contributed by atoms with E-state index < -0.39 is 12.7 Å². The Bertz CT molecular complexity index is 423. The molecule has 1 saturated heterocycles. The van der Waals surface area contributed by atoms with Gasteiger partial charge in [0.15, 0.2) is 0 Å². The zero-order valence-electron chi connectivity index (χ0n) is 12.1. The van der Waals surface area contributed by atoms with Crippen LogP contribution in [0.2, 0.25) is 0 Å². The van der Waals surface area contributed by atoms with Crippen molar-refractivity contribution in [3.63, 3.8) is 0 Å². The van der Waals surface area contributed by atoms with Crippen LogP contribution in [0, 0.1) is 0 Å². The predicted octanol–water partition coefficient (Wildman–Crippen LogP) is 1.87. The molecule has 118 valence electrons. The van der Waals surface area contributed by atoms with Gasteiger partial charge in [-0.2, -0.15) is 13.2 Å². The van der Waals surface area contributed by atoms with E-state index in [1.165, 1.54) is 16.0 Å². The fourth-order valence-corrected chi connectivity index (χ4v) is 2.60. The molecule has 0 atom stereocenters. The first-order valence-electron chi connectivity index (χ1n) is 7.25. The first-order chi connectivity index (χ1) is 9.96. The second-order valence-corrected chi connectivity index (χ2v) is 5.52. The second-order valence-electron chi connectivity index (χ2n) is 5.52. The summed E-state index contributed by atoms with van der Waals surface area (Å²) < 4.78 is 37.0. The quantitative estimate of drug-likeness (QED) is 0.901. The van der Waals surface area contributed by atoms with Crippen LogP contribution in [0.3, 0.4) is 0 Å². The van der Waals surface area contributed by atoms with Crippen molar-refractivity contribution in [1.82, 2.24) is 9.80 Å². The van der Waals surface area contributed by atoms with Crippen molar-refractivity contribution >= 4 is 0 Å². The number of nitrogens with zero attached hydrogens (tertiary/aromatic N) is 2. The van der Waals surface area contributed by atoms with Gasteiger partial charge in [0.1, 0.15) is 0 Å². The lowest BCUT2D eigenvalue weighted by Gasteiger charge is -2.35. The maximum atomic E-state index is 12.3. The fraction of sp³-hybridized carbons (Fsp3) is 0.600. The number of hydrogen-bond acceptors (Lipinski definition) is 3. The Labute approximate surface area is 123 Å². The third-order valence-electron chi connectivity index (χ3n) is 3.73. The number of alkyl halides is 3. The minimum absolute atomic E-state index is 0.477. The maximum absolute atomic E-state index is 12.3. The molecule has 0 spiro atoms. The molecule has 21 heavy (non-hydrogen) atoms. The first kappa shape index (κ1) is 16.3. The summed E-state index contributed by atoms with van der Waals surface area (Å²) >= 11 is 0. The Morgan fingerprint density at radius 2 is 1.43 bits per heavy atom. The minimum atomic E-state index is -4.10. The van der Waals surface area contributed by atoms with Crippen molar-refractivity contribution in [2.24, 2.45) is 5.73 Å². The molecule has 0 saturated carbocycles. The van der Waals surface area contributed by atoms with Crippen LogP contribution in [0.15, 0.2) is 24.3 Å². The zero-order chi connectivity index (χ0) is 15.3. The van der Waals surface area contributed by atoms with Crippen LogP contribution in [0.25, 0.3) is 0 Å². The summed E-state index contributed by atoms with van der Waals surface area (Å²) in [4.78, 5) is 3.67. The molecule has 1 aromatic carbocycles. The third-order valence-corrected chi connectivity index (χ3v) is 3.73. The average Bonchev–Trinajstić information content (AvgIpc) is 2.42. The lowest BCUT2D eigenvalue weighted by Crippen LogP contribution is -2.48. The third kappa shape index (κ3) is 5.65. The van der Waals surface area contributed by atoms with Crippen molar-refractivity contribution in [3.8, 4) is 0 Å². The molecule has 1 aliphatic heterocycles. The Kier molecular flexibility index (Phi) is 5.61. The van der Waals surface area contributed by atoms with Crippen molar-refractivity contribution in [3.05, 3.63) is 35.4 Å². The summed E-state index contributed by atoms with van der Waals surface area (Å²) in [7, 11) is 0. The molecule has 1 heterocycles. The summed E-state index contributed by atoms with van der Waals surface area (Å²) in [5, 5.41) is 0. The molecule has 0 unspecified atom stereocenters. The highest BCUT2D eigenvalue weighted by molar-refractivity contribution is 5.22. The van der Waals surface area contributed by atoms with Crippen molar-refractivity contribution in [2.45, 2.75) is 19.1 Å². The molecule has 6 heteroatoms. The molecular formula is C15H22F3N3. The molecule has 1 aromatic rings. The standard InChI is InChI=1S/C15H22F3N3/c16-15(17,18)12-21-9-7-20(8-10-21)11-14-3-1-13(2-4-14)5-6-19/h1-4H,5-12,19H2. The molecule has 2 rings (SSSR count). The molecule has 1 fully saturated rings. The fourth-order valence-electron chi connectivity index (χ4n) is 2.60. The Morgan fingerprint density at radius 1 is 0.905 bits per heavy atom. The van der Waals surface area contributed by atoms with E-state index in [4.69, 9.17) is 5.73 Å². The van der Waals surface area contributed by atoms with Gasteiger partial charge in [0.05, 0.1) is 6.54 Å². The van der Waals surface area contributed by atoms with Crippen LogP contribution in [0.4, 0.5) is 13.2 Å². The highest BCUT2D eigenvalue weighted by Crippen LogP contribution is 2.18. The molecular weight excluding hydrogens is 279 g/mol. The molecule has 0 bridgehead atoms. The van der Waals surface area contributed by atoms with Gasteiger partial charge >= 0.3 is 6.18 Å². The highest BCUT2D eigenvalue weighted by Gasteiger charge is 2.32. The number of benzene rings is 1. The molecule has 0 radical (unpaired) electrons. The van der Waals surface area contributed by atoms with Gasteiger partial charge in [-0.25, -0.2) is 0 Å². The van der Waals surface area contributed by atoms with Crippen molar-refractivity contribution < 1.29 is 13.2 Å². The SMILES string of the molecule is NCCc1ccc(CN2CCN(CC(F)(F)F)CC2)cc1. The summed E-state index contributed by atoms with van der Waals surface area (Å²) in [5.74, 6) is 0. The van der Waals surface area contributed by atoms with Gasteiger partial charge in [0.25, 0.3) is 0 Å². The molecule has 0 aromatic heterocycles. The largest absolute Gasteiger partial charge is 0.401 e. The lowest BCUT2D eigenvalue weighted by molar-refractivity contribution is -0.149. The summed E-state index contributed by atoms with van der Waals surface area (Å²) in [6.07, 6.45) is -3.22. The first-order valence-corrected chi connectivity index (χ1v) is 7.25. The Hall–Kier alpha value is -1.11. The maximum Gasteiger partial charge on any atom is 0.401 e. The van der Waals surface area contributed by atoms with Crippen LogP contribution in [-0.4, -0.2) is 55.2 Å². The molecule has 0 amide bonds. The van der Waals surface area contributed by atoms with E-state index in [9.17, 15) is 13.2 Å². The normalized spacial score (nSPS) is 18.1. The van der Waals surface area contributed by atoms with Crippen LogP contribution >= 0.6 is 0 Å². The molecule has 1 aliphatic rings. The highest BCUT2D eigenvalue weighted by atomic mass is 19.4. The monoisotopic (exact) mass is 301 g/mol. The zero-order valence-corrected chi connectivity index (χ0v) is 12.1. The van der Waals surface area contributed by atoms with Gasteiger partial charge in [-0.05, 0) is 24.1 Å². The Morgan fingerprint density at radius 3 is 1.95 bits per heavy atom. The van der Waals surface area contributed by atoms with E-state index in [0.29, 0.717) is 32.7 Å². The number of halogens is 3. The van der Waals surface area contributed by atoms with Gasteiger partial charge in [-0.1, -0.05) is 24.3 Å². The average molecular weight is 301 g/mol. The van der Waals surface area contributed by atoms with Crippen LogP contribution in [-0.2, 0) is 13.0 Å². The smallest absolute Gasteiger partial charge is 0.330 e. The van der Waals surface area contributed by atoms with Gasteiger partial charge in [0.2, 0.25) is 0 Å². The molecule has 0 aliphatic carbocycles. The van der Waals surface area contributed by atoms with E-state index >= 15 is 0 Å². The van der Waals surface area contributed by atoms with Crippen molar-refractivity contribution in [2.75, 3.05) is 39.3 Å². The molecule has 2 N–H and O–H groups in total. The minimum Gasteiger partial charge on any atom is -0.330 e. The number of nitrogens with two attached hydrogens (primary N) is 1. The lowest BCUT2D eigenvalue weighted by atomic mass is 10.1. The van der Waals surface area contributed by atoms with E-state index in [0.717, 1.165) is 13.0 Å². The van der Waals surface area contributed by atoms with Crippen LogP contribution in [0.5, 0.6) is 0 Å². The summed E-state index contributed by atoms with van der Waals surface area (Å²) in [5.41, 5.74) is 7.93. The van der Waals surface area contributed by atoms with Gasteiger partial charge < -0.3 is 5.73 Å². The van der Waals surface area contributed by atoms with Crippen molar-refractivity contribution in [1.29, 1.82) is 0 Å². The van der Waals surface area contributed by atoms with E-state index in [1.54, 1.807) is 0 Å². The second kappa shape index (κ2) is 7.24. The van der Waals surface area contributed by atoms with Gasteiger partial charge in [-0.3, -0.25) is 9.80 Å². The van der Waals surface area contributed by atoms with Crippen LogP contribution < -0.4 is 5.73 Å². The van der Waals surface area contributed by atoms with E-state index in [1.807, 2.05) is 0 Å². The van der Waals surface area contributed by atoms with E-state index in [2.05, 4.69) is 29.2 Å². The number of piperazine rings is 1. The topological polar surface area (TPSA) is 32.5 Å². The summed E-state index contributed by atoms with van der Waals surface area (Å²) in [6.45, 7) is 2.95. The Balaban J connectivity index is 1.78. The number of rotatable bonds is 5. The van der Waals surface area contributed by atoms with Gasteiger partial charge in [-0.15, -0.1) is 0 Å². The predicted molar refractivity (Wildman–Crippen MR) is 77.0 cm³/mol. The number of hydrogen-bond donors (Lipinski definition) is 1. The summed E-state index contributed by atoms with van der Waals surface area (Å²) in [6, 6.07) is 8.30. The van der Waals surface area contributed by atoms with Gasteiger partial charge in [0, 0.05) is 32.7 Å². The van der Waals surface area contributed by atoms with Crippen LogP contribution in [0.1, 0.15) is 11.1 Å². The molecule has 3 nitrogen and oxygen atoms in total. The van der Waals surface area contributed by atoms with E-state index in [-0.39, 0.29) is 0 Å².